The number of carbonyl (C=O) groups is 3. The lowest BCUT2D eigenvalue weighted by atomic mass is 10.0. The Kier molecular flexibility index (Phi) is 4.13. The average Bonchev–Trinajstić information content (AvgIpc) is 2.91. The first-order valence-corrected chi connectivity index (χ1v) is 8.12. The van der Waals surface area contributed by atoms with Crippen LogP contribution in [-0.2, 0) is 16.1 Å². The van der Waals surface area contributed by atoms with Crippen molar-refractivity contribution < 1.29 is 14.4 Å². The van der Waals surface area contributed by atoms with Gasteiger partial charge in [-0.05, 0) is 25.0 Å². The predicted molar refractivity (Wildman–Crippen MR) is 90.2 cm³/mol. The zero-order valence-electron chi connectivity index (χ0n) is 14.0. The van der Waals surface area contributed by atoms with Gasteiger partial charge >= 0.3 is 0 Å². The number of amides is 3. The average molecular weight is 327 g/mol. The number of hydrogen-bond donors (Lipinski definition) is 1. The molecule has 126 valence electrons. The number of allylic oxidation sites excluding steroid dienone is 1. The van der Waals surface area contributed by atoms with Gasteiger partial charge in [-0.15, -0.1) is 0 Å². The number of rotatable bonds is 3. The Balaban J connectivity index is 1.88. The molecule has 1 aromatic rings. The molecule has 0 spiro atoms. The van der Waals surface area contributed by atoms with Crippen LogP contribution in [-0.4, -0.2) is 40.6 Å². The molecular weight excluding hydrogens is 306 g/mol. The molecule has 1 fully saturated rings. The van der Waals surface area contributed by atoms with Crippen molar-refractivity contribution in [3.63, 3.8) is 0 Å². The van der Waals surface area contributed by atoms with Gasteiger partial charge < -0.3 is 15.1 Å². The second-order valence-corrected chi connectivity index (χ2v) is 6.18. The van der Waals surface area contributed by atoms with Crippen LogP contribution in [0.15, 0.2) is 30.5 Å². The van der Waals surface area contributed by atoms with E-state index in [4.69, 9.17) is 0 Å². The van der Waals surface area contributed by atoms with Crippen LogP contribution in [0.2, 0.25) is 0 Å². The molecule has 3 rings (SSSR count). The zero-order chi connectivity index (χ0) is 17.4. The number of nitrogens with one attached hydrogen (secondary N) is 1. The van der Waals surface area contributed by atoms with Crippen LogP contribution in [0.3, 0.4) is 0 Å². The van der Waals surface area contributed by atoms with Crippen molar-refractivity contribution in [2.75, 3.05) is 12.4 Å². The second-order valence-electron chi connectivity index (χ2n) is 6.18. The lowest BCUT2D eigenvalue weighted by Crippen LogP contribution is -2.50. The maximum Gasteiger partial charge on any atom is 0.255 e. The van der Waals surface area contributed by atoms with Crippen LogP contribution in [0.1, 0.15) is 42.1 Å². The van der Waals surface area contributed by atoms with E-state index in [1.54, 1.807) is 37.1 Å². The topological polar surface area (TPSA) is 69.7 Å². The molecule has 2 heterocycles. The summed E-state index contributed by atoms with van der Waals surface area (Å²) >= 11 is 0. The molecule has 2 aliphatic rings. The molecule has 0 aliphatic carbocycles. The fourth-order valence-electron chi connectivity index (χ4n) is 3.22. The van der Waals surface area contributed by atoms with E-state index >= 15 is 0 Å². The summed E-state index contributed by atoms with van der Waals surface area (Å²) in [5.74, 6) is -0.359. The minimum atomic E-state index is -0.477. The third-order valence-electron chi connectivity index (χ3n) is 4.76. The Morgan fingerprint density at radius 1 is 1.38 bits per heavy atom. The van der Waals surface area contributed by atoms with Crippen molar-refractivity contribution in [2.45, 2.75) is 38.8 Å². The minimum Gasteiger partial charge on any atom is -0.326 e. The van der Waals surface area contributed by atoms with Gasteiger partial charge in [0.2, 0.25) is 11.8 Å². The maximum absolute atomic E-state index is 12.8. The number of anilines is 1. The molecule has 6 nitrogen and oxygen atoms in total. The lowest BCUT2D eigenvalue weighted by Gasteiger charge is -2.35. The van der Waals surface area contributed by atoms with Gasteiger partial charge in [-0.3, -0.25) is 14.4 Å². The predicted octanol–water partition coefficient (Wildman–Crippen LogP) is 2.13. The highest BCUT2D eigenvalue weighted by Gasteiger charge is 2.40. The fraction of sp³-hybridized carbons (Fsp3) is 0.389. The first kappa shape index (κ1) is 16.2. The molecule has 1 N–H and O–H groups in total. The van der Waals surface area contributed by atoms with Crippen molar-refractivity contribution in [1.29, 1.82) is 0 Å². The highest BCUT2D eigenvalue weighted by molar-refractivity contribution is 6.04. The molecule has 1 saturated heterocycles. The van der Waals surface area contributed by atoms with Gasteiger partial charge in [-0.25, -0.2) is 0 Å². The third kappa shape index (κ3) is 2.58. The number of benzene rings is 1. The first-order chi connectivity index (χ1) is 11.4. The number of fused-ring (bicyclic) bond motifs is 1. The number of piperidine rings is 1. The van der Waals surface area contributed by atoms with Crippen molar-refractivity contribution in [2.24, 2.45) is 0 Å². The Morgan fingerprint density at radius 2 is 2.12 bits per heavy atom. The summed E-state index contributed by atoms with van der Waals surface area (Å²) in [7, 11) is 1.69. The molecule has 0 aromatic heterocycles. The van der Waals surface area contributed by atoms with Crippen molar-refractivity contribution in [3.8, 4) is 0 Å². The quantitative estimate of drug-likeness (QED) is 0.924. The van der Waals surface area contributed by atoms with Gasteiger partial charge in [0.25, 0.3) is 5.91 Å². The van der Waals surface area contributed by atoms with Crippen molar-refractivity contribution in [1.82, 2.24) is 9.80 Å². The molecule has 1 unspecified atom stereocenters. The standard InChI is InChI=1S/C18H21N3O3/c1-4-16(22)19-14-7-5-6-12-13(14)10-21(17(12)23)15-9-8-11(2)20(3)18(15)24/h5-7,15H,2,4,8-10H2,1,3H3,(H,19,22). The third-order valence-corrected chi connectivity index (χ3v) is 4.76. The largest absolute Gasteiger partial charge is 0.326 e. The monoisotopic (exact) mass is 327 g/mol. The van der Waals surface area contributed by atoms with E-state index in [0.29, 0.717) is 37.1 Å². The number of likely N-dealkylation sites (N-methyl/N-ethyl adjacent to an activating group) is 1. The molecule has 0 bridgehead atoms. The Labute approximate surface area is 141 Å². The maximum atomic E-state index is 12.8. The molecule has 1 atom stereocenters. The minimum absolute atomic E-state index is 0.0981. The molecule has 24 heavy (non-hydrogen) atoms. The van der Waals surface area contributed by atoms with Gasteiger partial charge in [-0.1, -0.05) is 19.6 Å². The molecule has 6 heteroatoms. The summed E-state index contributed by atoms with van der Waals surface area (Å²) < 4.78 is 0. The Bertz CT molecular complexity index is 741. The smallest absolute Gasteiger partial charge is 0.255 e. The van der Waals surface area contributed by atoms with E-state index in [1.807, 2.05) is 0 Å². The van der Waals surface area contributed by atoms with Crippen LogP contribution in [0.25, 0.3) is 0 Å². The number of likely N-dealkylation sites (tertiary alicyclic amines) is 1. The lowest BCUT2D eigenvalue weighted by molar-refractivity contribution is -0.135. The summed E-state index contributed by atoms with van der Waals surface area (Å²) in [5.41, 5.74) is 2.76. The van der Waals surface area contributed by atoms with E-state index in [0.717, 1.165) is 11.3 Å². The number of carbonyl (C=O) groups excluding carboxylic acids is 3. The molecule has 0 saturated carbocycles. The van der Waals surface area contributed by atoms with Crippen molar-refractivity contribution in [3.05, 3.63) is 41.6 Å². The van der Waals surface area contributed by atoms with Gasteiger partial charge in [0, 0.05) is 42.5 Å². The van der Waals surface area contributed by atoms with Gasteiger partial charge in [0.15, 0.2) is 0 Å². The normalized spacial score (nSPS) is 20.4. The van der Waals surface area contributed by atoms with E-state index in [2.05, 4.69) is 11.9 Å². The number of nitrogens with zero attached hydrogens (tertiary/aromatic N) is 2. The summed E-state index contributed by atoms with van der Waals surface area (Å²) in [6.07, 6.45) is 1.64. The highest BCUT2D eigenvalue weighted by Crippen LogP contribution is 2.34. The van der Waals surface area contributed by atoms with Gasteiger partial charge in [0.05, 0.1) is 0 Å². The first-order valence-electron chi connectivity index (χ1n) is 8.12. The molecule has 0 radical (unpaired) electrons. The molecule has 3 amide bonds. The second kappa shape index (κ2) is 6.11. The van der Waals surface area contributed by atoms with Crippen molar-refractivity contribution >= 4 is 23.4 Å². The van der Waals surface area contributed by atoms with E-state index in [1.165, 1.54) is 4.90 Å². The molecular formula is C18H21N3O3. The highest BCUT2D eigenvalue weighted by atomic mass is 16.2. The molecule has 1 aromatic carbocycles. The summed E-state index contributed by atoms with van der Waals surface area (Å²) in [6.45, 7) is 5.99. The van der Waals surface area contributed by atoms with E-state index in [9.17, 15) is 14.4 Å². The molecule has 2 aliphatic heterocycles. The van der Waals surface area contributed by atoms with Gasteiger partial charge in [-0.2, -0.15) is 0 Å². The SMILES string of the molecule is C=C1CCC(N2Cc3c(NC(=O)CC)cccc3C2=O)C(=O)N1C. The van der Waals surface area contributed by atoms with Crippen LogP contribution in [0, 0.1) is 0 Å². The van der Waals surface area contributed by atoms with E-state index < -0.39 is 6.04 Å². The fourth-order valence-corrected chi connectivity index (χ4v) is 3.22. The van der Waals surface area contributed by atoms with Crippen LogP contribution in [0.4, 0.5) is 5.69 Å². The zero-order valence-corrected chi connectivity index (χ0v) is 14.0. The van der Waals surface area contributed by atoms with E-state index in [-0.39, 0.29) is 17.7 Å². The van der Waals surface area contributed by atoms with Crippen LogP contribution >= 0.6 is 0 Å². The summed E-state index contributed by atoms with van der Waals surface area (Å²) in [5, 5.41) is 2.84. The summed E-state index contributed by atoms with van der Waals surface area (Å²) in [4.78, 5) is 40.1. The number of hydrogen-bond acceptors (Lipinski definition) is 3. The van der Waals surface area contributed by atoms with Crippen LogP contribution in [0.5, 0.6) is 0 Å². The summed E-state index contributed by atoms with van der Waals surface area (Å²) in [6, 6.07) is 4.81. The van der Waals surface area contributed by atoms with Gasteiger partial charge in [0.1, 0.15) is 6.04 Å². The Morgan fingerprint density at radius 3 is 2.83 bits per heavy atom. The van der Waals surface area contributed by atoms with Crippen LogP contribution < -0.4 is 5.32 Å². The Hall–Kier alpha value is -2.63.